The summed E-state index contributed by atoms with van der Waals surface area (Å²) >= 11 is 12.1. The average molecular weight is 643 g/mol. The second-order valence-corrected chi connectivity index (χ2v) is 13.1. The van der Waals surface area contributed by atoms with Crippen molar-refractivity contribution in [3.05, 3.63) is 99.5 Å². The Morgan fingerprint density at radius 3 is 2.33 bits per heavy atom. The number of halogens is 2. The third kappa shape index (κ3) is 7.94. The predicted octanol–water partition coefficient (Wildman–Crippen LogP) is 4.10. The Bertz CT molecular complexity index is 1590. The minimum absolute atomic E-state index is 0.0764. The third-order valence-electron chi connectivity index (χ3n) is 7.48. The highest BCUT2D eigenvalue weighted by Gasteiger charge is 2.30. The molecule has 12 heteroatoms. The van der Waals surface area contributed by atoms with E-state index < -0.39 is 28.0 Å². The largest absolute Gasteiger partial charge is 0.368 e. The highest BCUT2D eigenvalue weighted by atomic mass is 35.5. The summed E-state index contributed by atoms with van der Waals surface area (Å²) in [5.74, 6) is 0.244. The van der Waals surface area contributed by atoms with Crippen molar-refractivity contribution in [2.45, 2.75) is 42.7 Å². The molecule has 0 bridgehead atoms. The first-order chi connectivity index (χ1) is 20.7. The van der Waals surface area contributed by atoms with Crippen LogP contribution in [-0.2, 0) is 26.0 Å². The second-order valence-electron chi connectivity index (χ2n) is 10.6. The van der Waals surface area contributed by atoms with Gasteiger partial charge in [0.05, 0.1) is 27.5 Å². The molecule has 3 aromatic carbocycles. The van der Waals surface area contributed by atoms with Gasteiger partial charge >= 0.3 is 0 Å². The average Bonchev–Trinajstić information content (AvgIpc) is 3.74. The molecule has 0 aliphatic carbocycles. The number of carbonyl (C=O) groups excluding carboxylic acids is 2. The van der Waals surface area contributed by atoms with Crippen molar-refractivity contribution in [3.63, 3.8) is 0 Å². The zero-order valence-corrected chi connectivity index (χ0v) is 25.8. The molecule has 3 N–H and O–H groups in total. The fourth-order valence-electron chi connectivity index (χ4n) is 5.23. The van der Waals surface area contributed by atoms with E-state index in [0.717, 1.165) is 42.9 Å². The Hall–Kier alpha value is -3.44. The Balaban J connectivity index is 1.34. The van der Waals surface area contributed by atoms with Gasteiger partial charge in [-0.1, -0.05) is 77.8 Å². The van der Waals surface area contributed by atoms with Crippen LogP contribution in [0.15, 0.2) is 82.7 Å². The Morgan fingerprint density at radius 1 is 0.953 bits per heavy atom. The fourth-order valence-corrected chi connectivity index (χ4v) is 6.85. The first-order valence-electron chi connectivity index (χ1n) is 14.2. The first kappa shape index (κ1) is 31.0. The van der Waals surface area contributed by atoms with E-state index in [-0.39, 0.29) is 27.3 Å². The summed E-state index contributed by atoms with van der Waals surface area (Å²) in [4.78, 5) is 33.2. The van der Waals surface area contributed by atoms with Gasteiger partial charge in [-0.15, -0.1) is 0 Å². The predicted molar refractivity (Wildman–Crippen MR) is 168 cm³/mol. The van der Waals surface area contributed by atoms with Gasteiger partial charge in [0.25, 0.3) is 0 Å². The molecule has 2 unspecified atom stereocenters. The lowest BCUT2D eigenvalue weighted by atomic mass is 10.0. The highest BCUT2D eigenvalue weighted by molar-refractivity contribution is 7.89. The van der Waals surface area contributed by atoms with Crippen LogP contribution in [0.25, 0.3) is 0 Å². The summed E-state index contributed by atoms with van der Waals surface area (Å²) < 4.78 is 29.3. The topological polar surface area (TPSA) is 120 Å². The van der Waals surface area contributed by atoms with Gasteiger partial charge in [-0.2, -0.15) is 0 Å². The smallest absolute Gasteiger partial charge is 0.245 e. The number of aliphatic imine (C=N–C) groups is 1. The maximum absolute atomic E-state index is 13.5. The van der Waals surface area contributed by atoms with Gasteiger partial charge < -0.3 is 15.5 Å². The number of benzene rings is 3. The minimum Gasteiger partial charge on any atom is -0.368 e. The molecule has 1 fully saturated rings. The number of amides is 2. The van der Waals surface area contributed by atoms with Gasteiger partial charge in [-0.3, -0.25) is 14.6 Å². The zero-order chi connectivity index (χ0) is 30.4. The summed E-state index contributed by atoms with van der Waals surface area (Å²) in [7, 11) is -4.07. The number of rotatable bonds is 11. The van der Waals surface area contributed by atoms with E-state index in [9.17, 15) is 18.0 Å². The third-order valence-corrected chi connectivity index (χ3v) is 9.69. The number of hydrogen-bond acceptors (Lipinski definition) is 6. The number of amidine groups is 1. The molecule has 43 heavy (non-hydrogen) atoms. The van der Waals surface area contributed by atoms with Gasteiger partial charge in [0.15, 0.2) is 0 Å². The Morgan fingerprint density at radius 2 is 1.67 bits per heavy atom. The van der Waals surface area contributed by atoms with E-state index in [2.05, 4.69) is 20.3 Å². The molecule has 5 rings (SSSR count). The van der Waals surface area contributed by atoms with Crippen molar-refractivity contribution in [1.82, 2.24) is 20.3 Å². The van der Waals surface area contributed by atoms with Crippen LogP contribution < -0.4 is 15.4 Å². The zero-order valence-electron chi connectivity index (χ0n) is 23.4. The fraction of sp³-hybridized carbons (Fsp3) is 0.323. The van der Waals surface area contributed by atoms with Gasteiger partial charge in [-0.25, -0.2) is 13.1 Å². The maximum Gasteiger partial charge on any atom is 0.245 e. The van der Waals surface area contributed by atoms with Gasteiger partial charge in [0.1, 0.15) is 11.9 Å². The molecule has 0 aromatic heterocycles. The summed E-state index contributed by atoms with van der Waals surface area (Å²) in [6, 6.07) is 18.9. The van der Waals surface area contributed by atoms with Crippen molar-refractivity contribution in [2.75, 3.05) is 26.2 Å². The Labute approximate surface area is 261 Å². The number of nitrogens with one attached hydrogen (secondary N) is 3. The summed E-state index contributed by atoms with van der Waals surface area (Å²) in [6.45, 7) is 2.84. The van der Waals surface area contributed by atoms with Crippen LogP contribution in [0.4, 0.5) is 0 Å². The minimum atomic E-state index is -4.07. The lowest BCUT2D eigenvalue weighted by molar-refractivity contribution is -0.135. The number of nitrogens with zero attached hydrogens (tertiary/aromatic N) is 2. The maximum atomic E-state index is 13.5. The summed E-state index contributed by atoms with van der Waals surface area (Å²) in [6.07, 6.45) is 1.91. The molecule has 0 radical (unpaired) electrons. The SMILES string of the molecule is O=C(CC(NS(=O)(=O)c1ccc(Cl)c(Cl)c1)c1ccccc1)NC(Cc1ccc(C2=NCCN2)cc1)C(=O)N1CCCC1. The van der Waals surface area contributed by atoms with Gasteiger partial charge in [-0.05, 0) is 42.2 Å². The molecule has 2 aliphatic rings. The molecule has 9 nitrogen and oxygen atoms in total. The molecule has 2 atom stereocenters. The molecule has 226 valence electrons. The summed E-state index contributed by atoms with van der Waals surface area (Å²) in [5.41, 5.74) is 2.45. The second kappa shape index (κ2) is 13.9. The van der Waals surface area contributed by atoms with E-state index in [1.165, 1.54) is 18.2 Å². The van der Waals surface area contributed by atoms with Gasteiger partial charge in [0, 0.05) is 38.0 Å². The lowest BCUT2D eigenvalue weighted by Gasteiger charge is -2.25. The number of likely N-dealkylation sites (tertiary alicyclic amines) is 1. The standard InChI is InChI=1S/C31H33Cl2N5O4S/c32-25-13-12-24(19-26(25)33)43(41,42)37-27(22-6-2-1-3-7-22)20-29(39)36-28(31(40)38-16-4-5-17-38)18-21-8-10-23(11-9-21)30-34-14-15-35-30/h1-3,6-13,19,27-28,37H,4-5,14-18,20H2,(H,34,35)(H,36,39). The van der Waals surface area contributed by atoms with E-state index in [4.69, 9.17) is 23.2 Å². The van der Waals surface area contributed by atoms with Crippen LogP contribution in [0.5, 0.6) is 0 Å². The summed E-state index contributed by atoms with van der Waals surface area (Å²) in [5, 5.41) is 6.49. The number of hydrogen-bond donors (Lipinski definition) is 3. The molecule has 2 aliphatic heterocycles. The number of sulfonamides is 1. The van der Waals surface area contributed by atoms with Crippen molar-refractivity contribution < 1.29 is 18.0 Å². The molecule has 1 saturated heterocycles. The molecule has 0 spiro atoms. The molecule has 2 heterocycles. The quantitative estimate of drug-likeness (QED) is 0.291. The van der Waals surface area contributed by atoms with E-state index in [1.54, 1.807) is 35.2 Å². The van der Waals surface area contributed by atoms with E-state index in [0.29, 0.717) is 25.1 Å². The number of carbonyl (C=O) groups is 2. The van der Waals surface area contributed by atoms with Crippen LogP contribution in [0.3, 0.4) is 0 Å². The van der Waals surface area contributed by atoms with Crippen molar-refractivity contribution in [3.8, 4) is 0 Å². The normalized spacial score (nSPS) is 16.3. The molecule has 0 saturated carbocycles. The highest BCUT2D eigenvalue weighted by Crippen LogP contribution is 2.27. The van der Waals surface area contributed by atoms with Gasteiger partial charge in [0.2, 0.25) is 21.8 Å². The van der Waals surface area contributed by atoms with Crippen LogP contribution in [0.1, 0.15) is 42.0 Å². The molecular formula is C31H33Cl2N5O4S. The Kier molecular flexibility index (Phi) is 10.0. The van der Waals surface area contributed by atoms with Crippen molar-refractivity contribution in [2.24, 2.45) is 4.99 Å². The van der Waals surface area contributed by atoms with Crippen LogP contribution in [-0.4, -0.2) is 63.2 Å². The molecule has 3 aromatic rings. The first-order valence-corrected chi connectivity index (χ1v) is 16.4. The van der Waals surface area contributed by atoms with Crippen molar-refractivity contribution in [1.29, 1.82) is 0 Å². The van der Waals surface area contributed by atoms with Crippen molar-refractivity contribution >= 4 is 50.9 Å². The monoisotopic (exact) mass is 641 g/mol. The van der Waals surface area contributed by atoms with E-state index in [1.807, 2.05) is 24.3 Å². The van der Waals surface area contributed by atoms with E-state index >= 15 is 0 Å². The molecule has 2 amide bonds. The van der Waals surface area contributed by atoms with Crippen LogP contribution >= 0.6 is 23.2 Å². The van der Waals surface area contributed by atoms with Crippen LogP contribution in [0.2, 0.25) is 10.0 Å². The lowest BCUT2D eigenvalue weighted by Crippen LogP contribution is -2.49. The molecular weight excluding hydrogens is 609 g/mol. The van der Waals surface area contributed by atoms with Crippen LogP contribution in [0, 0.1) is 0 Å².